The third-order valence-corrected chi connectivity index (χ3v) is 4.59. The average molecular weight is 365 g/mol. The molecular weight excluding hydrogens is 342 g/mol. The molecule has 1 atom stereocenters. The summed E-state index contributed by atoms with van der Waals surface area (Å²) in [5, 5.41) is 3.80. The fraction of sp³-hybridized carbons (Fsp3) is 0.273. The maximum absolute atomic E-state index is 12.5. The van der Waals surface area contributed by atoms with Crippen molar-refractivity contribution < 1.29 is 13.9 Å². The molecule has 0 saturated carbocycles. The molecule has 1 amide bonds. The van der Waals surface area contributed by atoms with Gasteiger partial charge in [-0.2, -0.15) is 0 Å². The molecule has 1 heterocycles. The quantitative estimate of drug-likeness (QED) is 0.682. The topological polar surface area (TPSA) is 68.5 Å². The van der Waals surface area contributed by atoms with Crippen LogP contribution in [-0.4, -0.2) is 12.0 Å². The van der Waals surface area contributed by atoms with Crippen LogP contribution in [0.1, 0.15) is 30.5 Å². The minimum absolute atomic E-state index is 0.240. The van der Waals surface area contributed by atoms with E-state index in [0.717, 1.165) is 34.2 Å². The van der Waals surface area contributed by atoms with E-state index in [2.05, 4.69) is 5.32 Å². The molecule has 0 bridgehead atoms. The van der Waals surface area contributed by atoms with Gasteiger partial charge >= 0.3 is 5.63 Å². The van der Waals surface area contributed by atoms with Crippen molar-refractivity contribution in [1.82, 2.24) is 0 Å². The minimum atomic E-state index is -0.706. The van der Waals surface area contributed by atoms with Gasteiger partial charge in [0.1, 0.15) is 11.3 Å². The Hall–Kier alpha value is -3.08. The highest BCUT2D eigenvalue weighted by Gasteiger charge is 2.17. The zero-order valence-corrected chi connectivity index (χ0v) is 16.0. The van der Waals surface area contributed by atoms with Gasteiger partial charge in [0.25, 0.3) is 5.91 Å². The maximum atomic E-state index is 12.5. The second kappa shape index (κ2) is 7.66. The molecule has 0 aliphatic rings. The van der Waals surface area contributed by atoms with Crippen LogP contribution in [-0.2, 0) is 11.2 Å². The van der Waals surface area contributed by atoms with E-state index < -0.39 is 11.7 Å². The van der Waals surface area contributed by atoms with E-state index in [4.69, 9.17) is 9.15 Å². The van der Waals surface area contributed by atoms with Crippen LogP contribution in [0.2, 0.25) is 0 Å². The predicted molar refractivity (Wildman–Crippen MR) is 106 cm³/mol. The second-order valence-corrected chi connectivity index (χ2v) is 6.62. The lowest BCUT2D eigenvalue weighted by atomic mass is 10.1. The first-order chi connectivity index (χ1) is 12.9. The molecule has 0 aliphatic carbocycles. The molecule has 0 spiro atoms. The van der Waals surface area contributed by atoms with Crippen LogP contribution in [0.25, 0.3) is 11.0 Å². The second-order valence-electron chi connectivity index (χ2n) is 6.62. The number of nitrogens with one attached hydrogen (secondary N) is 1. The number of hydrogen-bond donors (Lipinski definition) is 1. The first kappa shape index (κ1) is 18.7. The molecule has 27 heavy (non-hydrogen) atoms. The molecule has 3 rings (SSSR count). The Morgan fingerprint density at radius 1 is 1.15 bits per heavy atom. The van der Waals surface area contributed by atoms with Crippen LogP contribution in [0.15, 0.2) is 51.7 Å². The molecule has 0 radical (unpaired) electrons. The predicted octanol–water partition coefficient (Wildman–Crippen LogP) is 4.38. The smallest absolute Gasteiger partial charge is 0.336 e. The van der Waals surface area contributed by atoms with Gasteiger partial charge in [-0.1, -0.05) is 25.1 Å². The number of ether oxygens (including phenoxy) is 1. The fourth-order valence-corrected chi connectivity index (χ4v) is 3.07. The molecule has 0 aliphatic heterocycles. The van der Waals surface area contributed by atoms with Gasteiger partial charge in [-0.05, 0) is 56.0 Å². The van der Waals surface area contributed by atoms with Crippen molar-refractivity contribution in [2.24, 2.45) is 0 Å². The number of anilines is 1. The van der Waals surface area contributed by atoms with Crippen molar-refractivity contribution in [3.63, 3.8) is 0 Å². The highest BCUT2D eigenvalue weighted by Crippen LogP contribution is 2.24. The molecule has 5 heteroatoms. The Morgan fingerprint density at radius 2 is 1.85 bits per heavy atom. The van der Waals surface area contributed by atoms with E-state index >= 15 is 0 Å². The summed E-state index contributed by atoms with van der Waals surface area (Å²) in [5.74, 6) is 0.235. The summed E-state index contributed by atoms with van der Waals surface area (Å²) in [4.78, 5) is 24.2. The average Bonchev–Trinajstić information content (AvgIpc) is 2.63. The molecule has 140 valence electrons. The van der Waals surface area contributed by atoms with Crippen molar-refractivity contribution in [2.75, 3.05) is 5.32 Å². The summed E-state index contributed by atoms with van der Waals surface area (Å²) in [6.07, 6.45) is 0.0270. The van der Waals surface area contributed by atoms with E-state index in [9.17, 15) is 9.59 Å². The third-order valence-electron chi connectivity index (χ3n) is 4.59. The van der Waals surface area contributed by atoms with Gasteiger partial charge in [-0.3, -0.25) is 4.79 Å². The van der Waals surface area contributed by atoms with Crippen molar-refractivity contribution in [3.8, 4) is 5.75 Å². The SMILES string of the molecule is CCc1cc(=O)oc2cc(OC(C)C(=O)Nc3c(C)cccc3C)ccc12. The number of para-hydroxylation sites is 1. The molecule has 0 saturated heterocycles. The largest absolute Gasteiger partial charge is 0.481 e. The van der Waals surface area contributed by atoms with E-state index in [0.29, 0.717) is 11.3 Å². The van der Waals surface area contributed by atoms with Crippen LogP contribution in [0, 0.1) is 13.8 Å². The summed E-state index contributed by atoms with van der Waals surface area (Å²) in [6, 6.07) is 12.6. The Balaban J connectivity index is 1.80. The number of amides is 1. The van der Waals surface area contributed by atoms with Gasteiger partial charge in [0.15, 0.2) is 6.10 Å². The van der Waals surface area contributed by atoms with Crippen molar-refractivity contribution in [1.29, 1.82) is 0 Å². The van der Waals surface area contributed by atoms with Gasteiger partial charge in [-0.15, -0.1) is 0 Å². The van der Waals surface area contributed by atoms with Gasteiger partial charge < -0.3 is 14.5 Å². The standard InChI is InChI=1S/C22H23NO4/c1-5-16-11-20(24)27-19-12-17(9-10-18(16)19)26-15(4)22(25)23-21-13(2)7-6-8-14(21)3/h6-12,15H,5H2,1-4H3,(H,23,25). The van der Waals surface area contributed by atoms with Crippen molar-refractivity contribution in [2.45, 2.75) is 40.2 Å². The van der Waals surface area contributed by atoms with Gasteiger partial charge in [0.05, 0.1) is 0 Å². The fourth-order valence-electron chi connectivity index (χ4n) is 3.07. The minimum Gasteiger partial charge on any atom is -0.481 e. The van der Waals surface area contributed by atoms with Crippen molar-refractivity contribution >= 4 is 22.6 Å². The zero-order valence-electron chi connectivity index (χ0n) is 16.0. The number of carbonyl (C=O) groups excluding carboxylic acids is 1. The highest BCUT2D eigenvalue weighted by atomic mass is 16.5. The lowest BCUT2D eigenvalue weighted by molar-refractivity contribution is -0.122. The molecule has 0 fully saturated rings. The number of rotatable bonds is 5. The van der Waals surface area contributed by atoms with Crippen molar-refractivity contribution in [3.05, 3.63) is 69.6 Å². The maximum Gasteiger partial charge on any atom is 0.336 e. The van der Waals surface area contributed by atoms with E-state index in [1.807, 2.05) is 45.0 Å². The zero-order chi connectivity index (χ0) is 19.6. The summed E-state index contributed by atoms with van der Waals surface area (Å²) >= 11 is 0. The summed E-state index contributed by atoms with van der Waals surface area (Å²) < 4.78 is 11.1. The monoisotopic (exact) mass is 365 g/mol. The lowest BCUT2D eigenvalue weighted by Crippen LogP contribution is -2.30. The van der Waals surface area contributed by atoms with Gasteiger partial charge in [0.2, 0.25) is 0 Å². The number of aryl methyl sites for hydroxylation is 3. The van der Waals surface area contributed by atoms with E-state index in [1.54, 1.807) is 19.1 Å². The number of fused-ring (bicyclic) bond motifs is 1. The summed E-state index contributed by atoms with van der Waals surface area (Å²) in [7, 11) is 0. The molecule has 1 unspecified atom stereocenters. The third kappa shape index (κ3) is 4.03. The lowest BCUT2D eigenvalue weighted by Gasteiger charge is -2.17. The first-order valence-electron chi connectivity index (χ1n) is 8.99. The molecule has 2 aromatic carbocycles. The number of benzene rings is 2. The van der Waals surface area contributed by atoms with Crippen LogP contribution in [0.3, 0.4) is 0 Å². The van der Waals surface area contributed by atoms with Gasteiger partial charge in [0, 0.05) is 23.2 Å². The summed E-state index contributed by atoms with van der Waals surface area (Å²) in [5.41, 5.74) is 3.78. The molecular formula is C22H23NO4. The van der Waals surface area contributed by atoms with Gasteiger partial charge in [-0.25, -0.2) is 4.79 Å². The van der Waals surface area contributed by atoms with Crippen LogP contribution < -0.4 is 15.7 Å². The Kier molecular flexibility index (Phi) is 5.31. The molecule has 3 aromatic rings. The van der Waals surface area contributed by atoms with Crippen LogP contribution >= 0.6 is 0 Å². The Labute approximate surface area is 158 Å². The molecule has 1 N–H and O–H groups in total. The highest BCUT2D eigenvalue weighted by molar-refractivity contribution is 5.95. The van der Waals surface area contributed by atoms with Crippen LogP contribution in [0.5, 0.6) is 5.75 Å². The number of hydrogen-bond acceptors (Lipinski definition) is 4. The summed E-state index contributed by atoms with van der Waals surface area (Å²) in [6.45, 7) is 7.57. The normalized spacial score (nSPS) is 12.0. The Bertz CT molecular complexity index is 1030. The first-order valence-corrected chi connectivity index (χ1v) is 8.99. The van der Waals surface area contributed by atoms with E-state index in [-0.39, 0.29) is 5.91 Å². The van der Waals surface area contributed by atoms with E-state index in [1.165, 1.54) is 6.07 Å². The van der Waals surface area contributed by atoms with Crippen LogP contribution in [0.4, 0.5) is 5.69 Å². The Morgan fingerprint density at radius 3 is 2.52 bits per heavy atom. The number of carbonyl (C=O) groups is 1. The molecule has 1 aromatic heterocycles. The molecule has 5 nitrogen and oxygen atoms in total.